The third-order valence-corrected chi connectivity index (χ3v) is 3.86. The van der Waals surface area contributed by atoms with Gasteiger partial charge in [0.05, 0.1) is 6.54 Å². The molecular formula is C12H21BrIN3OS. The van der Waals surface area contributed by atoms with Gasteiger partial charge in [0.25, 0.3) is 0 Å². The predicted octanol–water partition coefficient (Wildman–Crippen LogP) is 3.22. The van der Waals surface area contributed by atoms with Gasteiger partial charge in [0.2, 0.25) is 0 Å². The smallest absolute Gasteiger partial charge is 0.191 e. The number of nitrogens with one attached hydrogen (secondary N) is 2. The summed E-state index contributed by atoms with van der Waals surface area (Å²) in [7, 11) is 1.72. The maximum absolute atomic E-state index is 5.01. The highest BCUT2D eigenvalue weighted by molar-refractivity contribution is 14.0. The van der Waals surface area contributed by atoms with Gasteiger partial charge in [-0.25, -0.2) is 4.99 Å². The minimum atomic E-state index is 0. The summed E-state index contributed by atoms with van der Waals surface area (Å²) in [5.74, 6) is 0.859. The second-order valence-electron chi connectivity index (χ2n) is 3.70. The molecule has 19 heavy (non-hydrogen) atoms. The SMILES string of the molecule is CCNC(=NCc1cc(Br)cs1)NCCCOC.I. The van der Waals surface area contributed by atoms with E-state index in [1.807, 2.05) is 0 Å². The van der Waals surface area contributed by atoms with E-state index in [9.17, 15) is 0 Å². The number of halogens is 2. The Morgan fingerprint density at radius 1 is 1.47 bits per heavy atom. The van der Waals surface area contributed by atoms with E-state index in [0.29, 0.717) is 6.54 Å². The molecule has 0 fully saturated rings. The molecule has 1 heterocycles. The lowest BCUT2D eigenvalue weighted by molar-refractivity contribution is 0.195. The van der Waals surface area contributed by atoms with Crippen LogP contribution in [0.15, 0.2) is 20.9 Å². The first kappa shape index (κ1) is 19.1. The van der Waals surface area contributed by atoms with E-state index in [1.165, 1.54) is 4.88 Å². The van der Waals surface area contributed by atoms with Crippen molar-refractivity contribution in [3.63, 3.8) is 0 Å². The minimum absolute atomic E-state index is 0. The molecule has 7 heteroatoms. The molecular weight excluding hydrogens is 441 g/mol. The highest BCUT2D eigenvalue weighted by atomic mass is 127. The molecule has 0 atom stereocenters. The van der Waals surface area contributed by atoms with Gasteiger partial charge in [-0.1, -0.05) is 0 Å². The fourth-order valence-corrected chi connectivity index (χ4v) is 2.73. The van der Waals surface area contributed by atoms with Crippen molar-refractivity contribution < 1.29 is 4.74 Å². The van der Waals surface area contributed by atoms with Gasteiger partial charge in [-0.15, -0.1) is 35.3 Å². The number of guanidine groups is 1. The quantitative estimate of drug-likeness (QED) is 0.283. The molecule has 1 aromatic heterocycles. The zero-order chi connectivity index (χ0) is 13.2. The van der Waals surface area contributed by atoms with Gasteiger partial charge < -0.3 is 15.4 Å². The molecule has 0 saturated carbocycles. The number of thiophene rings is 1. The van der Waals surface area contributed by atoms with E-state index in [1.54, 1.807) is 18.4 Å². The van der Waals surface area contributed by atoms with Crippen LogP contribution >= 0.6 is 51.2 Å². The lowest BCUT2D eigenvalue weighted by atomic mass is 10.4. The molecule has 110 valence electrons. The molecule has 0 saturated heterocycles. The Bertz CT molecular complexity index is 374. The molecule has 0 aliphatic heterocycles. The number of nitrogens with zero attached hydrogens (tertiary/aromatic N) is 1. The van der Waals surface area contributed by atoms with Crippen LogP contribution in [-0.2, 0) is 11.3 Å². The van der Waals surface area contributed by atoms with Crippen LogP contribution < -0.4 is 10.6 Å². The zero-order valence-corrected chi connectivity index (χ0v) is 16.0. The summed E-state index contributed by atoms with van der Waals surface area (Å²) in [6.45, 7) is 5.27. The first-order valence-electron chi connectivity index (χ1n) is 6.00. The van der Waals surface area contributed by atoms with Gasteiger partial charge >= 0.3 is 0 Å². The number of rotatable bonds is 7. The predicted molar refractivity (Wildman–Crippen MR) is 96.7 cm³/mol. The third-order valence-electron chi connectivity index (χ3n) is 2.18. The van der Waals surface area contributed by atoms with Crippen LogP contribution in [0.4, 0.5) is 0 Å². The Morgan fingerprint density at radius 2 is 2.26 bits per heavy atom. The number of hydrogen-bond acceptors (Lipinski definition) is 3. The van der Waals surface area contributed by atoms with Gasteiger partial charge in [0.15, 0.2) is 5.96 Å². The maximum atomic E-state index is 5.01. The topological polar surface area (TPSA) is 45.7 Å². The molecule has 1 rings (SSSR count). The Hall–Kier alpha value is 0.140. The molecule has 0 amide bonds. The molecule has 0 aliphatic rings. The number of hydrogen-bond donors (Lipinski definition) is 2. The normalized spacial score (nSPS) is 11.0. The van der Waals surface area contributed by atoms with Gasteiger partial charge in [-0.05, 0) is 35.3 Å². The lowest BCUT2D eigenvalue weighted by Gasteiger charge is -2.10. The molecule has 0 unspecified atom stereocenters. The Balaban J connectivity index is 0.00000324. The van der Waals surface area contributed by atoms with Crippen molar-refractivity contribution in [1.82, 2.24) is 10.6 Å². The highest BCUT2D eigenvalue weighted by Crippen LogP contribution is 2.20. The van der Waals surface area contributed by atoms with Gasteiger partial charge in [0, 0.05) is 41.5 Å². The fraction of sp³-hybridized carbons (Fsp3) is 0.583. The van der Waals surface area contributed by atoms with Crippen LogP contribution in [-0.4, -0.2) is 32.8 Å². The molecule has 0 radical (unpaired) electrons. The summed E-state index contributed by atoms with van der Waals surface area (Å²) < 4.78 is 6.13. The Kier molecular flexibility index (Phi) is 12.0. The number of methoxy groups -OCH3 is 1. The van der Waals surface area contributed by atoms with E-state index < -0.39 is 0 Å². The fourth-order valence-electron chi connectivity index (χ4n) is 1.36. The summed E-state index contributed by atoms with van der Waals surface area (Å²) in [5, 5.41) is 8.59. The molecule has 0 aliphatic carbocycles. The monoisotopic (exact) mass is 461 g/mol. The van der Waals surface area contributed by atoms with Gasteiger partial charge in [-0.2, -0.15) is 0 Å². The summed E-state index contributed by atoms with van der Waals surface area (Å²) >= 11 is 5.16. The van der Waals surface area contributed by atoms with Crippen LogP contribution in [0, 0.1) is 0 Å². The van der Waals surface area contributed by atoms with Crippen molar-refractivity contribution in [2.24, 2.45) is 4.99 Å². The number of aliphatic imine (C=N–C) groups is 1. The van der Waals surface area contributed by atoms with Crippen molar-refractivity contribution in [3.05, 3.63) is 20.8 Å². The molecule has 0 spiro atoms. The van der Waals surface area contributed by atoms with Crippen molar-refractivity contribution >= 4 is 57.2 Å². The average molecular weight is 462 g/mol. The van der Waals surface area contributed by atoms with E-state index in [2.05, 4.69) is 49.9 Å². The number of ether oxygens (including phenoxy) is 1. The molecule has 0 aromatic carbocycles. The second kappa shape index (κ2) is 11.9. The summed E-state index contributed by atoms with van der Waals surface area (Å²) in [6.07, 6.45) is 0.978. The average Bonchev–Trinajstić information content (AvgIpc) is 2.77. The summed E-state index contributed by atoms with van der Waals surface area (Å²) in [4.78, 5) is 5.78. The molecule has 2 N–H and O–H groups in total. The molecule has 0 bridgehead atoms. The Morgan fingerprint density at radius 3 is 2.84 bits per heavy atom. The maximum Gasteiger partial charge on any atom is 0.191 e. The van der Waals surface area contributed by atoms with Crippen molar-refractivity contribution in [2.45, 2.75) is 19.9 Å². The third kappa shape index (κ3) is 8.83. The minimum Gasteiger partial charge on any atom is -0.385 e. The first-order valence-corrected chi connectivity index (χ1v) is 7.67. The van der Waals surface area contributed by atoms with Crippen LogP contribution in [0.5, 0.6) is 0 Å². The molecule has 1 aromatic rings. The highest BCUT2D eigenvalue weighted by Gasteiger charge is 1.99. The van der Waals surface area contributed by atoms with Crippen molar-refractivity contribution in [2.75, 3.05) is 26.8 Å². The van der Waals surface area contributed by atoms with Crippen LogP contribution in [0.25, 0.3) is 0 Å². The van der Waals surface area contributed by atoms with E-state index in [4.69, 9.17) is 4.74 Å². The van der Waals surface area contributed by atoms with Crippen LogP contribution in [0.2, 0.25) is 0 Å². The first-order chi connectivity index (χ1) is 8.76. The van der Waals surface area contributed by atoms with Gasteiger partial charge in [-0.3, -0.25) is 0 Å². The zero-order valence-electron chi connectivity index (χ0n) is 11.2. The van der Waals surface area contributed by atoms with Crippen LogP contribution in [0.1, 0.15) is 18.2 Å². The van der Waals surface area contributed by atoms with Crippen molar-refractivity contribution in [3.8, 4) is 0 Å². The molecule has 4 nitrogen and oxygen atoms in total. The van der Waals surface area contributed by atoms with E-state index in [-0.39, 0.29) is 24.0 Å². The summed E-state index contributed by atoms with van der Waals surface area (Å²) in [6, 6.07) is 2.10. The largest absolute Gasteiger partial charge is 0.385 e. The van der Waals surface area contributed by atoms with Crippen LogP contribution in [0.3, 0.4) is 0 Å². The second-order valence-corrected chi connectivity index (χ2v) is 5.61. The van der Waals surface area contributed by atoms with Crippen molar-refractivity contribution in [1.29, 1.82) is 0 Å². The van der Waals surface area contributed by atoms with E-state index in [0.717, 1.165) is 36.5 Å². The Labute approximate surface area is 144 Å². The van der Waals surface area contributed by atoms with E-state index >= 15 is 0 Å². The summed E-state index contributed by atoms with van der Waals surface area (Å²) in [5.41, 5.74) is 0. The van der Waals surface area contributed by atoms with Gasteiger partial charge in [0.1, 0.15) is 0 Å². The lowest BCUT2D eigenvalue weighted by Crippen LogP contribution is -2.38. The standard InChI is InChI=1S/C12H20BrN3OS.HI/c1-3-14-12(15-5-4-6-17-2)16-8-11-7-10(13)9-18-11;/h7,9H,3-6,8H2,1-2H3,(H2,14,15,16);1H.